The van der Waals surface area contributed by atoms with Gasteiger partial charge in [-0.05, 0) is 73.2 Å². The maximum absolute atomic E-state index is 13.5. The fraction of sp³-hybridized carbons (Fsp3) is 0.481. The lowest BCUT2D eigenvalue weighted by molar-refractivity contribution is -0.140. The van der Waals surface area contributed by atoms with E-state index in [2.05, 4.69) is 30.4 Å². The van der Waals surface area contributed by atoms with E-state index in [1.54, 1.807) is 11.0 Å². The molecule has 0 saturated carbocycles. The average molecular weight is 452 g/mol. The molecule has 1 aliphatic heterocycles. The van der Waals surface area contributed by atoms with Crippen LogP contribution in [0.15, 0.2) is 24.3 Å². The summed E-state index contributed by atoms with van der Waals surface area (Å²) >= 11 is 0. The Morgan fingerprint density at radius 2 is 1.82 bits per heavy atom. The average Bonchev–Trinajstić information content (AvgIpc) is 2.79. The molecule has 0 fully saturated rings. The Kier molecular flexibility index (Phi) is 7.67. The summed E-state index contributed by atoms with van der Waals surface area (Å²) < 4.78 is 0. The molecular formula is C27H37N3O3. The molecule has 2 amide bonds. The van der Waals surface area contributed by atoms with E-state index in [0.29, 0.717) is 30.6 Å². The third-order valence-electron chi connectivity index (χ3n) is 6.77. The van der Waals surface area contributed by atoms with Gasteiger partial charge in [0, 0.05) is 44.9 Å². The van der Waals surface area contributed by atoms with E-state index in [1.807, 2.05) is 39.8 Å². The molecule has 0 unspecified atom stereocenters. The van der Waals surface area contributed by atoms with Crippen molar-refractivity contribution in [2.45, 2.75) is 72.4 Å². The number of aryl methyl sites for hydroxylation is 1. The van der Waals surface area contributed by atoms with Crippen molar-refractivity contribution in [3.63, 3.8) is 0 Å². The maximum Gasteiger partial charge on any atom is 0.247 e. The third-order valence-corrected chi connectivity index (χ3v) is 6.77. The summed E-state index contributed by atoms with van der Waals surface area (Å²) in [5, 5.41) is 13.3. The zero-order valence-electron chi connectivity index (χ0n) is 20.8. The number of nitrogens with one attached hydrogen (secondary N) is 1. The number of nitrogens with zero attached hydrogens (tertiary/aromatic N) is 2. The summed E-state index contributed by atoms with van der Waals surface area (Å²) in [6.07, 6.45) is 3.83. The van der Waals surface area contributed by atoms with Crippen molar-refractivity contribution in [2.24, 2.45) is 0 Å². The van der Waals surface area contributed by atoms with Crippen molar-refractivity contribution in [1.29, 1.82) is 0 Å². The first-order chi connectivity index (χ1) is 15.6. The van der Waals surface area contributed by atoms with Crippen LogP contribution in [0.1, 0.15) is 60.4 Å². The van der Waals surface area contributed by atoms with E-state index in [1.165, 1.54) is 0 Å². The molecule has 2 N–H and O–H groups in total. The molecule has 6 heteroatoms. The lowest BCUT2D eigenvalue weighted by Crippen LogP contribution is -2.50. The zero-order valence-corrected chi connectivity index (χ0v) is 20.8. The minimum atomic E-state index is -0.564. The first kappa shape index (κ1) is 24.6. The number of benzene rings is 2. The molecule has 0 spiro atoms. The molecule has 1 aliphatic rings. The molecule has 0 saturated heterocycles. The molecule has 1 heterocycles. The monoisotopic (exact) mass is 451 g/mol. The fourth-order valence-electron chi connectivity index (χ4n) is 4.43. The van der Waals surface area contributed by atoms with Crippen molar-refractivity contribution in [1.82, 2.24) is 4.90 Å². The molecule has 0 aromatic heterocycles. The number of fused-ring (bicyclic) bond motifs is 1. The first-order valence-electron chi connectivity index (χ1n) is 11.8. The topological polar surface area (TPSA) is 72.9 Å². The van der Waals surface area contributed by atoms with Gasteiger partial charge in [0.15, 0.2) is 0 Å². The van der Waals surface area contributed by atoms with Crippen LogP contribution in [0.25, 0.3) is 0 Å². The molecule has 1 atom stereocenters. The van der Waals surface area contributed by atoms with Crippen LogP contribution in [0.3, 0.4) is 0 Å². The normalized spacial score (nSPS) is 15.2. The minimum Gasteiger partial charge on any atom is -0.507 e. The minimum absolute atomic E-state index is 0.0271. The first-order valence-corrected chi connectivity index (χ1v) is 11.8. The predicted octanol–water partition coefficient (Wildman–Crippen LogP) is 4.86. The van der Waals surface area contributed by atoms with Gasteiger partial charge in [0.1, 0.15) is 11.8 Å². The number of phenolic OH excluding ortho intramolecular Hbond substituents is 1. The summed E-state index contributed by atoms with van der Waals surface area (Å²) in [5.41, 5.74) is 6.27. The number of phenols is 1. The second-order valence-electron chi connectivity index (χ2n) is 9.37. The highest BCUT2D eigenvalue weighted by molar-refractivity contribution is 5.98. The van der Waals surface area contributed by atoms with Gasteiger partial charge in [-0.25, -0.2) is 0 Å². The van der Waals surface area contributed by atoms with Crippen LogP contribution in [0.2, 0.25) is 0 Å². The van der Waals surface area contributed by atoms with Gasteiger partial charge in [-0.1, -0.05) is 25.8 Å². The van der Waals surface area contributed by atoms with Crippen LogP contribution in [0.5, 0.6) is 5.75 Å². The second-order valence-corrected chi connectivity index (χ2v) is 9.37. The highest BCUT2D eigenvalue weighted by atomic mass is 16.3. The van der Waals surface area contributed by atoms with Crippen LogP contribution in [0, 0.1) is 20.8 Å². The van der Waals surface area contributed by atoms with E-state index in [-0.39, 0.29) is 17.6 Å². The van der Waals surface area contributed by atoms with Gasteiger partial charge in [-0.3, -0.25) is 9.59 Å². The summed E-state index contributed by atoms with van der Waals surface area (Å²) in [4.78, 5) is 30.5. The van der Waals surface area contributed by atoms with Gasteiger partial charge in [-0.2, -0.15) is 0 Å². The Morgan fingerprint density at radius 3 is 2.48 bits per heavy atom. The van der Waals surface area contributed by atoms with Gasteiger partial charge in [0.05, 0.1) is 0 Å². The number of aromatic hydroxyl groups is 1. The summed E-state index contributed by atoms with van der Waals surface area (Å²) in [6, 6.07) is 7.48. The van der Waals surface area contributed by atoms with Gasteiger partial charge in [0.2, 0.25) is 11.8 Å². The molecule has 3 rings (SSSR count). The van der Waals surface area contributed by atoms with Crippen molar-refractivity contribution in [3.8, 4) is 5.75 Å². The highest BCUT2D eigenvalue weighted by Crippen LogP contribution is 2.32. The molecule has 33 heavy (non-hydrogen) atoms. The van der Waals surface area contributed by atoms with Gasteiger partial charge >= 0.3 is 0 Å². The van der Waals surface area contributed by atoms with Crippen LogP contribution in [-0.4, -0.2) is 42.0 Å². The lowest BCUT2D eigenvalue weighted by atomic mass is 9.92. The van der Waals surface area contributed by atoms with E-state index < -0.39 is 6.04 Å². The smallest absolute Gasteiger partial charge is 0.247 e. The number of anilines is 2. The quantitative estimate of drug-likeness (QED) is 0.466. The predicted molar refractivity (Wildman–Crippen MR) is 134 cm³/mol. The SMILES string of the molecule is CCCCCC(=O)N1Cc2cc(N(C)C)ccc2C[C@@H]1C(=O)Nc1cc(C)c(O)c(C)c1C. The zero-order chi connectivity index (χ0) is 24.3. The Bertz CT molecular complexity index is 1050. The molecule has 178 valence electrons. The number of rotatable bonds is 7. The van der Waals surface area contributed by atoms with Crippen molar-refractivity contribution in [3.05, 3.63) is 52.1 Å². The summed E-state index contributed by atoms with van der Waals surface area (Å²) in [7, 11) is 4.00. The number of carbonyl (C=O) groups excluding carboxylic acids is 2. The molecule has 0 radical (unpaired) electrons. The van der Waals surface area contributed by atoms with Gasteiger partial charge in [-0.15, -0.1) is 0 Å². The highest BCUT2D eigenvalue weighted by Gasteiger charge is 2.35. The van der Waals surface area contributed by atoms with Crippen molar-refractivity contribution < 1.29 is 14.7 Å². The van der Waals surface area contributed by atoms with E-state index in [9.17, 15) is 14.7 Å². The van der Waals surface area contributed by atoms with Gasteiger partial charge < -0.3 is 20.2 Å². The van der Waals surface area contributed by atoms with Crippen LogP contribution >= 0.6 is 0 Å². The number of hydrogen-bond donors (Lipinski definition) is 2. The second kappa shape index (κ2) is 10.3. The Hall–Kier alpha value is -3.02. The molecule has 0 aliphatic carbocycles. The van der Waals surface area contributed by atoms with E-state index in [4.69, 9.17) is 0 Å². The van der Waals surface area contributed by atoms with Crippen molar-refractivity contribution in [2.75, 3.05) is 24.3 Å². The Labute approximate surface area is 197 Å². The van der Waals surface area contributed by atoms with Crippen LogP contribution in [-0.2, 0) is 22.6 Å². The standard InChI is InChI=1S/C27H37N3O3/c1-7-8-9-10-25(31)30-16-21-14-22(29(5)6)12-11-20(21)15-24(30)27(33)28-23-13-17(2)26(32)19(4)18(23)3/h11-14,24,32H,7-10,15-16H2,1-6H3,(H,28,33)/t24-/m1/s1. The number of hydrogen-bond acceptors (Lipinski definition) is 4. The van der Waals surface area contributed by atoms with Gasteiger partial charge in [0.25, 0.3) is 0 Å². The van der Waals surface area contributed by atoms with E-state index in [0.717, 1.165) is 47.2 Å². The largest absolute Gasteiger partial charge is 0.507 e. The van der Waals surface area contributed by atoms with Crippen LogP contribution < -0.4 is 10.2 Å². The summed E-state index contributed by atoms with van der Waals surface area (Å²) in [5.74, 6) is 0.0922. The molecule has 2 aromatic rings. The number of amides is 2. The molecule has 2 aromatic carbocycles. The lowest BCUT2D eigenvalue weighted by Gasteiger charge is -2.37. The van der Waals surface area contributed by atoms with Crippen molar-refractivity contribution >= 4 is 23.2 Å². The molecule has 6 nitrogen and oxygen atoms in total. The molecule has 0 bridgehead atoms. The summed E-state index contributed by atoms with van der Waals surface area (Å²) in [6.45, 7) is 8.10. The number of unbranched alkanes of at least 4 members (excludes halogenated alkanes) is 2. The molecular weight excluding hydrogens is 414 g/mol. The maximum atomic E-state index is 13.5. The number of carbonyl (C=O) groups is 2. The Morgan fingerprint density at radius 1 is 1.09 bits per heavy atom. The van der Waals surface area contributed by atoms with E-state index >= 15 is 0 Å². The van der Waals surface area contributed by atoms with Crippen LogP contribution in [0.4, 0.5) is 11.4 Å². The third kappa shape index (κ3) is 5.32. The fourth-order valence-corrected chi connectivity index (χ4v) is 4.43. The Balaban J connectivity index is 1.91.